The molecule has 1 aliphatic rings. The summed E-state index contributed by atoms with van der Waals surface area (Å²) in [5.74, 6) is -0.331. The van der Waals surface area contributed by atoms with E-state index < -0.39 is 6.43 Å². The molecule has 0 amide bonds. The van der Waals surface area contributed by atoms with E-state index in [0.717, 1.165) is 0 Å². The summed E-state index contributed by atoms with van der Waals surface area (Å²) in [5, 5.41) is 2.95. The molecule has 1 saturated carbocycles. The van der Waals surface area contributed by atoms with Gasteiger partial charge >= 0.3 is 0 Å². The quantitative estimate of drug-likeness (QED) is 0.667. The second-order valence-electron chi connectivity index (χ2n) is 2.55. The Hall–Kier alpha value is 0.110. The number of rotatable bonds is 2. The number of nitrogens with one attached hydrogen (secondary N) is 1. The largest absolute Gasteiger partial charge is 0.317 e. The highest BCUT2D eigenvalue weighted by Gasteiger charge is 2.34. The van der Waals surface area contributed by atoms with Crippen molar-refractivity contribution in [2.45, 2.75) is 25.3 Å². The van der Waals surface area contributed by atoms with Crippen molar-refractivity contribution in [1.29, 1.82) is 0 Å². The minimum Gasteiger partial charge on any atom is -0.317 e. The molecular formula is C6H12ClF2N. The molecule has 0 atom stereocenters. The van der Waals surface area contributed by atoms with Gasteiger partial charge in [-0.25, -0.2) is 8.78 Å². The first kappa shape index (κ1) is 10.1. The van der Waals surface area contributed by atoms with Crippen molar-refractivity contribution >= 4 is 12.4 Å². The summed E-state index contributed by atoms with van der Waals surface area (Å²) in [6.45, 7) is 0. The Morgan fingerprint density at radius 1 is 1.40 bits per heavy atom. The third-order valence-corrected chi connectivity index (χ3v) is 1.94. The van der Waals surface area contributed by atoms with Crippen LogP contribution in [0.25, 0.3) is 0 Å². The first-order valence-corrected chi connectivity index (χ1v) is 3.19. The predicted molar refractivity (Wildman–Crippen MR) is 38.8 cm³/mol. The summed E-state index contributed by atoms with van der Waals surface area (Å²) in [4.78, 5) is 0. The van der Waals surface area contributed by atoms with E-state index in [2.05, 4.69) is 5.32 Å². The average molecular weight is 172 g/mol. The highest BCUT2D eigenvalue weighted by molar-refractivity contribution is 5.85. The van der Waals surface area contributed by atoms with Crippen molar-refractivity contribution in [2.24, 2.45) is 5.92 Å². The van der Waals surface area contributed by atoms with Crippen molar-refractivity contribution in [1.82, 2.24) is 5.32 Å². The molecule has 4 heteroatoms. The number of hydrogen-bond acceptors (Lipinski definition) is 1. The smallest absolute Gasteiger partial charge is 0.241 e. The molecule has 1 N–H and O–H groups in total. The Labute approximate surface area is 65.6 Å². The normalized spacial score (nSPS) is 31.2. The number of hydrogen-bond donors (Lipinski definition) is 1. The summed E-state index contributed by atoms with van der Waals surface area (Å²) < 4.78 is 23.5. The summed E-state index contributed by atoms with van der Waals surface area (Å²) in [6, 6.07) is 0.351. The molecule has 0 bridgehead atoms. The van der Waals surface area contributed by atoms with E-state index >= 15 is 0 Å². The Kier molecular flexibility index (Phi) is 4.13. The van der Waals surface area contributed by atoms with Crippen molar-refractivity contribution in [3.63, 3.8) is 0 Å². The SMILES string of the molecule is CN[C@H]1C[C@H](C(F)F)C1.Cl. The van der Waals surface area contributed by atoms with E-state index in [9.17, 15) is 8.78 Å². The molecule has 1 nitrogen and oxygen atoms in total. The van der Waals surface area contributed by atoms with Crippen LogP contribution < -0.4 is 5.32 Å². The zero-order valence-corrected chi connectivity index (χ0v) is 6.63. The lowest BCUT2D eigenvalue weighted by Gasteiger charge is -2.34. The summed E-state index contributed by atoms with van der Waals surface area (Å²) in [5.41, 5.74) is 0. The number of alkyl halides is 2. The molecule has 0 unspecified atom stereocenters. The fourth-order valence-electron chi connectivity index (χ4n) is 1.10. The molecule has 1 aliphatic carbocycles. The van der Waals surface area contributed by atoms with Crippen LogP contribution in [0.4, 0.5) is 8.78 Å². The molecule has 0 heterocycles. The lowest BCUT2D eigenvalue weighted by atomic mass is 9.81. The van der Waals surface area contributed by atoms with Crippen LogP contribution in [0.1, 0.15) is 12.8 Å². The maximum Gasteiger partial charge on any atom is 0.241 e. The van der Waals surface area contributed by atoms with E-state index in [-0.39, 0.29) is 18.3 Å². The van der Waals surface area contributed by atoms with Gasteiger partial charge in [-0.2, -0.15) is 0 Å². The van der Waals surface area contributed by atoms with Crippen LogP contribution >= 0.6 is 12.4 Å². The third kappa shape index (κ3) is 2.06. The second-order valence-corrected chi connectivity index (χ2v) is 2.55. The lowest BCUT2D eigenvalue weighted by Crippen LogP contribution is -2.41. The predicted octanol–water partition coefficient (Wildman–Crippen LogP) is 1.67. The van der Waals surface area contributed by atoms with Gasteiger partial charge in [0.15, 0.2) is 0 Å². The molecule has 1 rings (SSSR count). The second kappa shape index (κ2) is 4.09. The van der Waals surface area contributed by atoms with E-state index in [1.807, 2.05) is 7.05 Å². The Morgan fingerprint density at radius 2 is 1.90 bits per heavy atom. The van der Waals surface area contributed by atoms with Crippen molar-refractivity contribution in [2.75, 3.05) is 7.05 Å². The fourth-order valence-corrected chi connectivity index (χ4v) is 1.10. The van der Waals surface area contributed by atoms with Gasteiger partial charge in [-0.3, -0.25) is 0 Å². The van der Waals surface area contributed by atoms with Crippen LogP contribution in [0.15, 0.2) is 0 Å². The molecule has 1 fully saturated rings. The highest BCUT2D eigenvalue weighted by Crippen LogP contribution is 2.32. The van der Waals surface area contributed by atoms with Gasteiger partial charge in [0.2, 0.25) is 6.43 Å². The molecule has 62 valence electrons. The Balaban J connectivity index is 0.000000810. The first-order chi connectivity index (χ1) is 4.24. The van der Waals surface area contributed by atoms with E-state index in [4.69, 9.17) is 0 Å². The molecule has 0 aromatic carbocycles. The van der Waals surface area contributed by atoms with Gasteiger partial charge in [0.1, 0.15) is 0 Å². The van der Waals surface area contributed by atoms with Crippen LogP contribution in [0.5, 0.6) is 0 Å². The van der Waals surface area contributed by atoms with Gasteiger partial charge < -0.3 is 5.32 Å². The Bertz CT molecular complexity index is 93.7. The minimum absolute atomic E-state index is 0. The molecule has 0 spiro atoms. The van der Waals surface area contributed by atoms with Gasteiger partial charge in [0, 0.05) is 12.0 Å². The molecular weight excluding hydrogens is 160 g/mol. The summed E-state index contributed by atoms with van der Waals surface area (Å²) in [6.07, 6.45) is -0.808. The summed E-state index contributed by atoms with van der Waals surface area (Å²) in [7, 11) is 1.81. The fraction of sp³-hybridized carbons (Fsp3) is 1.00. The van der Waals surface area contributed by atoms with Crippen LogP contribution in [-0.4, -0.2) is 19.5 Å². The zero-order chi connectivity index (χ0) is 6.85. The van der Waals surface area contributed by atoms with Crippen LogP contribution in [0.3, 0.4) is 0 Å². The van der Waals surface area contributed by atoms with Gasteiger partial charge in [-0.1, -0.05) is 0 Å². The average Bonchev–Trinajstić information content (AvgIpc) is 1.61. The van der Waals surface area contributed by atoms with Gasteiger partial charge in [-0.05, 0) is 19.9 Å². The monoisotopic (exact) mass is 171 g/mol. The van der Waals surface area contributed by atoms with E-state index in [1.54, 1.807) is 0 Å². The maximum absolute atomic E-state index is 11.8. The van der Waals surface area contributed by atoms with E-state index in [1.165, 1.54) is 0 Å². The minimum atomic E-state index is -2.10. The van der Waals surface area contributed by atoms with Crippen LogP contribution in [-0.2, 0) is 0 Å². The maximum atomic E-state index is 11.8. The summed E-state index contributed by atoms with van der Waals surface area (Å²) >= 11 is 0. The molecule has 10 heavy (non-hydrogen) atoms. The molecule has 0 radical (unpaired) electrons. The molecule has 0 saturated heterocycles. The first-order valence-electron chi connectivity index (χ1n) is 3.19. The third-order valence-electron chi connectivity index (χ3n) is 1.94. The topological polar surface area (TPSA) is 12.0 Å². The van der Waals surface area contributed by atoms with E-state index in [0.29, 0.717) is 18.9 Å². The van der Waals surface area contributed by atoms with Crippen LogP contribution in [0.2, 0.25) is 0 Å². The highest BCUT2D eigenvalue weighted by atomic mass is 35.5. The van der Waals surface area contributed by atoms with Crippen molar-refractivity contribution in [3.8, 4) is 0 Å². The van der Waals surface area contributed by atoms with Gasteiger partial charge in [0.05, 0.1) is 0 Å². The molecule has 0 aromatic rings. The lowest BCUT2D eigenvalue weighted by molar-refractivity contribution is 0.0177. The Morgan fingerprint density at radius 3 is 2.20 bits per heavy atom. The molecule has 0 aliphatic heterocycles. The van der Waals surface area contributed by atoms with Gasteiger partial charge in [0.25, 0.3) is 0 Å². The van der Waals surface area contributed by atoms with Gasteiger partial charge in [-0.15, -0.1) is 12.4 Å². The zero-order valence-electron chi connectivity index (χ0n) is 5.81. The van der Waals surface area contributed by atoms with Crippen molar-refractivity contribution in [3.05, 3.63) is 0 Å². The standard InChI is InChI=1S/C6H11F2N.ClH/c1-9-5-2-4(3-5)6(7)8;/h4-6,9H,2-3H2,1H3;1H/t4-,5-;. The number of halogens is 3. The van der Waals surface area contributed by atoms with Crippen LogP contribution in [0, 0.1) is 5.92 Å². The molecule has 0 aromatic heterocycles. The van der Waals surface area contributed by atoms with Crippen molar-refractivity contribution < 1.29 is 8.78 Å².